The number of hydrogen-bond acceptors (Lipinski definition) is 4. The van der Waals surface area contributed by atoms with E-state index in [9.17, 15) is 9.59 Å². The van der Waals surface area contributed by atoms with Crippen LogP contribution >= 0.6 is 0 Å². The van der Waals surface area contributed by atoms with Crippen LogP contribution in [0, 0.1) is 0 Å². The first-order valence-electron chi connectivity index (χ1n) is 7.74. The lowest BCUT2D eigenvalue weighted by Crippen LogP contribution is -2.22. The molecule has 5 heteroatoms. The molecule has 2 aromatic rings. The fraction of sp³-hybridized carbons (Fsp3) is 0.333. The standard InChI is InChI=1S/C18H21NO4/c1-3-12-23-16-6-5-11-19(17(16)20)13-14-7-9-15(10-8-14)18(21)22-4-2/h5-11H,3-4,12-13H2,1-2H3. The van der Waals surface area contributed by atoms with Crippen molar-refractivity contribution in [1.29, 1.82) is 0 Å². The highest BCUT2D eigenvalue weighted by atomic mass is 16.5. The largest absolute Gasteiger partial charge is 0.488 e. The molecule has 0 saturated carbocycles. The summed E-state index contributed by atoms with van der Waals surface area (Å²) in [5.41, 5.74) is 1.27. The Hall–Kier alpha value is -2.56. The van der Waals surface area contributed by atoms with Crippen LogP contribution in [0.3, 0.4) is 0 Å². The quantitative estimate of drug-likeness (QED) is 0.737. The van der Waals surface area contributed by atoms with Crippen LogP contribution in [0.25, 0.3) is 0 Å². The van der Waals surface area contributed by atoms with Crippen molar-refractivity contribution in [2.45, 2.75) is 26.8 Å². The van der Waals surface area contributed by atoms with Gasteiger partial charge >= 0.3 is 5.97 Å². The van der Waals surface area contributed by atoms with E-state index >= 15 is 0 Å². The summed E-state index contributed by atoms with van der Waals surface area (Å²) in [6, 6.07) is 10.5. The van der Waals surface area contributed by atoms with Crippen molar-refractivity contribution in [2.75, 3.05) is 13.2 Å². The van der Waals surface area contributed by atoms with E-state index < -0.39 is 0 Å². The average Bonchev–Trinajstić information content (AvgIpc) is 2.56. The van der Waals surface area contributed by atoms with Gasteiger partial charge in [-0.1, -0.05) is 19.1 Å². The molecule has 122 valence electrons. The van der Waals surface area contributed by atoms with E-state index in [0.29, 0.717) is 31.1 Å². The Morgan fingerprint density at radius 2 is 1.87 bits per heavy atom. The normalized spacial score (nSPS) is 10.3. The van der Waals surface area contributed by atoms with E-state index in [4.69, 9.17) is 9.47 Å². The van der Waals surface area contributed by atoms with Crippen LogP contribution in [0.1, 0.15) is 36.2 Å². The lowest BCUT2D eigenvalue weighted by Gasteiger charge is -2.09. The monoisotopic (exact) mass is 315 g/mol. The van der Waals surface area contributed by atoms with Gasteiger partial charge in [0, 0.05) is 6.20 Å². The van der Waals surface area contributed by atoms with Crippen molar-refractivity contribution in [2.24, 2.45) is 0 Å². The summed E-state index contributed by atoms with van der Waals surface area (Å²) >= 11 is 0. The minimum Gasteiger partial charge on any atom is -0.488 e. The molecular weight excluding hydrogens is 294 g/mol. The highest BCUT2D eigenvalue weighted by Crippen LogP contribution is 2.09. The van der Waals surface area contributed by atoms with Crippen LogP contribution in [0.15, 0.2) is 47.4 Å². The Kier molecular flexibility index (Phi) is 5.97. The van der Waals surface area contributed by atoms with Crippen LogP contribution in [0.2, 0.25) is 0 Å². The summed E-state index contributed by atoms with van der Waals surface area (Å²) in [5.74, 6) is 0.0173. The molecule has 0 atom stereocenters. The molecule has 0 bridgehead atoms. The number of esters is 1. The molecular formula is C18H21NO4. The van der Waals surface area contributed by atoms with Crippen LogP contribution in [0.5, 0.6) is 5.75 Å². The van der Waals surface area contributed by atoms with Crippen LogP contribution < -0.4 is 10.3 Å². The fourth-order valence-corrected chi connectivity index (χ4v) is 2.12. The number of carbonyl (C=O) groups is 1. The molecule has 0 aliphatic rings. The van der Waals surface area contributed by atoms with Gasteiger partial charge in [0.1, 0.15) is 0 Å². The van der Waals surface area contributed by atoms with Crippen molar-refractivity contribution < 1.29 is 14.3 Å². The number of aromatic nitrogens is 1. The number of carbonyl (C=O) groups excluding carboxylic acids is 1. The van der Waals surface area contributed by atoms with Crippen molar-refractivity contribution in [3.05, 3.63) is 64.1 Å². The van der Waals surface area contributed by atoms with Gasteiger partial charge in [0.2, 0.25) is 0 Å². The van der Waals surface area contributed by atoms with Gasteiger partial charge in [-0.2, -0.15) is 0 Å². The predicted molar refractivity (Wildman–Crippen MR) is 88.0 cm³/mol. The van der Waals surface area contributed by atoms with Gasteiger partial charge in [-0.15, -0.1) is 0 Å². The molecule has 0 aliphatic carbocycles. The second-order valence-electron chi connectivity index (χ2n) is 5.07. The van der Waals surface area contributed by atoms with Crippen molar-refractivity contribution >= 4 is 5.97 Å². The van der Waals surface area contributed by atoms with E-state index in [1.54, 1.807) is 42.0 Å². The second kappa shape index (κ2) is 8.17. The van der Waals surface area contributed by atoms with Gasteiger partial charge < -0.3 is 14.0 Å². The summed E-state index contributed by atoms with van der Waals surface area (Å²) < 4.78 is 12.0. The Morgan fingerprint density at radius 1 is 1.13 bits per heavy atom. The third-order valence-electron chi connectivity index (χ3n) is 3.26. The summed E-state index contributed by atoms with van der Waals surface area (Å²) in [6.45, 7) is 5.05. The molecule has 0 amide bonds. The van der Waals surface area contributed by atoms with Gasteiger partial charge in [-0.05, 0) is 43.2 Å². The zero-order chi connectivity index (χ0) is 16.7. The SMILES string of the molecule is CCCOc1cccn(Cc2ccc(C(=O)OCC)cc2)c1=O. The number of rotatable bonds is 7. The molecule has 1 aromatic carbocycles. The van der Waals surface area contributed by atoms with E-state index in [-0.39, 0.29) is 11.5 Å². The number of pyridine rings is 1. The first-order valence-corrected chi connectivity index (χ1v) is 7.74. The van der Waals surface area contributed by atoms with Crippen molar-refractivity contribution in [1.82, 2.24) is 4.57 Å². The summed E-state index contributed by atoms with van der Waals surface area (Å²) in [4.78, 5) is 23.9. The number of ether oxygens (including phenoxy) is 2. The Balaban J connectivity index is 2.13. The minimum atomic E-state index is -0.342. The van der Waals surface area contributed by atoms with Gasteiger partial charge in [-0.25, -0.2) is 4.79 Å². The van der Waals surface area contributed by atoms with Crippen molar-refractivity contribution in [3.8, 4) is 5.75 Å². The zero-order valence-corrected chi connectivity index (χ0v) is 13.5. The van der Waals surface area contributed by atoms with Gasteiger partial charge in [0.25, 0.3) is 5.56 Å². The van der Waals surface area contributed by atoms with Crippen molar-refractivity contribution in [3.63, 3.8) is 0 Å². The first-order chi connectivity index (χ1) is 11.2. The highest BCUT2D eigenvalue weighted by Gasteiger charge is 2.07. The van der Waals surface area contributed by atoms with Gasteiger partial charge in [0.05, 0.1) is 25.3 Å². The highest BCUT2D eigenvalue weighted by molar-refractivity contribution is 5.89. The molecule has 0 spiro atoms. The average molecular weight is 315 g/mol. The lowest BCUT2D eigenvalue weighted by molar-refractivity contribution is 0.0526. The molecule has 0 saturated heterocycles. The number of hydrogen-bond donors (Lipinski definition) is 0. The summed E-state index contributed by atoms with van der Waals surface area (Å²) in [7, 11) is 0. The van der Waals surface area contributed by atoms with E-state index in [0.717, 1.165) is 12.0 Å². The summed E-state index contributed by atoms with van der Waals surface area (Å²) in [6.07, 6.45) is 2.57. The smallest absolute Gasteiger partial charge is 0.338 e. The molecule has 5 nitrogen and oxygen atoms in total. The third kappa shape index (κ3) is 4.45. The van der Waals surface area contributed by atoms with Crippen LogP contribution in [0.4, 0.5) is 0 Å². The molecule has 0 N–H and O–H groups in total. The van der Waals surface area contributed by atoms with E-state index in [2.05, 4.69) is 0 Å². The zero-order valence-electron chi connectivity index (χ0n) is 13.5. The predicted octanol–water partition coefficient (Wildman–Crippen LogP) is 2.86. The number of nitrogens with zero attached hydrogens (tertiary/aromatic N) is 1. The first kappa shape index (κ1) is 16.8. The van der Waals surface area contributed by atoms with Crippen LogP contribution in [-0.4, -0.2) is 23.8 Å². The Labute approximate surface area is 135 Å². The minimum absolute atomic E-state index is 0.157. The Bertz CT molecular complexity index is 704. The van der Waals surface area contributed by atoms with Gasteiger partial charge in [-0.3, -0.25) is 4.79 Å². The van der Waals surface area contributed by atoms with E-state index in [1.165, 1.54) is 0 Å². The maximum absolute atomic E-state index is 12.3. The molecule has 0 unspecified atom stereocenters. The molecule has 0 aliphatic heterocycles. The number of benzene rings is 1. The maximum atomic E-state index is 12.3. The molecule has 0 radical (unpaired) electrons. The molecule has 23 heavy (non-hydrogen) atoms. The topological polar surface area (TPSA) is 57.5 Å². The molecule has 0 fully saturated rings. The van der Waals surface area contributed by atoms with Gasteiger partial charge in [0.15, 0.2) is 5.75 Å². The molecule has 2 rings (SSSR count). The van der Waals surface area contributed by atoms with E-state index in [1.807, 2.05) is 19.1 Å². The third-order valence-corrected chi connectivity index (χ3v) is 3.26. The summed E-state index contributed by atoms with van der Waals surface area (Å²) in [5, 5.41) is 0. The maximum Gasteiger partial charge on any atom is 0.338 e. The molecule has 1 heterocycles. The second-order valence-corrected chi connectivity index (χ2v) is 5.07. The molecule has 1 aromatic heterocycles. The van der Waals surface area contributed by atoms with Crippen LogP contribution in [-0.2, 0) is 11.3 Å². The lowest BCUT2D eigenvalue weighted by atomic mass is 10.1. The Morgan fingerprint density at radius 3 is 2.52 bits per heavy atom. The fourth-order valence-electron chi connectivity index (χ4n) is 2.12.